The zero-order valence-corrected chi connectivity index (χ0v) is 17.8. The number of nitrogens with zero attached hydrogens (tertiary/aromatic N) is 3. The Kier molecular flexibility index (Phi) is 7.91. The zero-order chi connectivity index (χ0) is 19.3. The van der Waals surface area contributed by atoms with Crippen LogP contribution in [0.2, 0.25) is 0 Å². The Labute approximate surface area is 159 Å². The smallest absolute Gasteiger partial charge is 0.240 e. The van der Waals surface area contributed by atoms with Crippen molar-refractivity contribution < 1.29 is 13.2 Å². The molecule has 0 aromatic heterocycles. The van der Waals surface area contributed by atoms with Crippen molar-refractivity contribution in [1.29, 1.82) is 0 Å². The van der Waals surface area contributed by atoms with Gasteiger partial charge in [-0.1, -0.05) is 19.8 Å². The van der Waals surface area contributed by atoms with Gasteiger partial charge in [-0.05, 0) is 46.5 Å². The molecule has 7 heteroatoms. The minimum atomic E-state index is -3.15. The van der Waals surface area contributed by atoms with Crippen molar-refractivity contribution in [3.63, 3.8) is 0 Å². The van der Waals surface area contributed by atoms with Crippen molar-refractivity contribution in [1.82, 2.24) is 14.1 Å². The minimum Gasteiger partial charge on any atom is -0.336 e. The van der Waals surface area contributed by atoms with Crippen LogP contribution in [0.3, 0.4) is 0 Å². The fourth-order valence-electron chi connectivity index (χ4n) is 4.26. The molecule has 26 heavy (non-hydrogen) atoms. The van der Waals surface area contributed by atoms with Gasteiger partial charge in [-0.2, -0.15) is 4.31 Å². The lowest BCUT2D eigenvalue weighted by atomic mass is 9.96. The summed E-state index contributed by atoms with van der Waals surface area (Å²) >= 11 is 0. The number of hydrogen-bond acceptors (Lipinski definition) is 4. The number of amides is 1. The molecule has 0 aliphatic carbocycles. The molecule has 2 aliphatic rings. The number of piperazine rings is 1. The summed E-state index contributed by atoms with van der Waals surface area (Å²) < 4.78 is 26.5. The number of sulfonamides is 1. The van der Waals surface area contributed by atoms with Gasteiger partial charge in [0.2, 0.25) is 15.9 Å². The van der Waals surface area contributed by atoms with Crippen molar-refractivity contribution >= 4 is 15.9 Å². The van der Waals surface area contributed by atoms with Crippen molar-refractivity contribution in [2.45, 2.75) is 84.3 Å². The van der Waals surface area contributed by atoms with Crippen LogP contribution >= 0.6 is 0 Å². The molecule has 0 aromatic carbocycles. The number of carbonyl (C=O) groups excluding carboxylic acids is 1. The van der Waals surface area contributed by atoms with E-state index in [1.54, 1.807) is 4.31 Å². The number of rotatable bonds is 7. The minimum absolute atomic E-state index is 0.178. The lowest BCUT2D eigenvalue weighted by Gasteiger charge is -2.43. The second kappa shape index (κ2) is 9.51. The first-order valence-electron chi connectivity index (χ1n) is 10.3. The maximum atomic E-state index is 13.0. The molecule has 2 aliphatic heterocycles. The summed E-state index contributed by atoms with van der Waals surface area (Å²) in [7, 11) is -3.15. The van der Waals surface area contributed by atoms with Crippen molar-refractivity contribution in [3.05, 3.63) is 0 Å². The van der Waals surface area contributed by atoms with Gasteiger partial charge in [0.1, 0.15) is 0 Å². The van der Waals surface area contributed by atoms with Crippen LogP contribution in [-0.2, 0) is 14.8 Å². The Morgan fingerprint density at radius 2 is 1.62 bits per heavy atom. The Morgan fingerprint density at radius 1 is 1.04 bits per heavy atom. The molecule has 0 aromatic rings. The van der Waals surface area contributed by atoms with Crippen LogP contribution in [0.4, 0.5) is 0 Å². The van der Waals surface area contributed by atoms with Gasteiger partial charge in [0, 0.05) is 38.3 Å². The molecule has 0 bridgehead atoms. The van der Waals surface area contributed by atoms with Crippen molar-refractivity contribution in [3.8, 4) is 0 Å². The van der Waals surface area contributed by atoms with Crippen LogP contribution in [0.5, 0.6) is 0 Å². The first-order chi connectivity index (χ1) is 12.3. The highest BCUT2D eigenvalue weighted by Gasteiger charge is 2.36. The molecule has 152 valence electrons. The number of unbranched alkanes of at least 4 members (excludes halogenated alkanes) is 2. The first-order valence-corrected chi connectivity index (χ1v) is 11.9. The number of piperidine rings is 1. The SMILES string of the molecule is CCCCCS(=O)(=O)N1CCN(C(C)C(=O)N2C(C)CCCC2C)CC1. The van der Waals surface area contributed by atoms with Crippen LogP contribution in [0.15, 0.2) is 0 Å². The maximum absolute atomic E-state index is 13.0. The van der Waals surface area contributed by atoms with Gasteiger partial charge in [0.15, 0.2) is 0 Å². The highest BCUT2D eigenvalue weighted by molar-refractivity contribution is 7.89. The van der Waals surface area contributed by atoms with Gasteiger partial charge in [0.25, 0.3) is 0 Å². The van der Waals surface area contributed by atoms with Gasteiger partial charge in [-0.15, -0.1) is 0 Å². The lowest BCUT2D eigenvalue weighted by Crippen LogP contribution is -2.58. The summed E-state index contributed by atoms with van der Waals surface area (Å²) in [6.07, 6.45) is 6.06. The average Bonchev–Trinajstić information content (AvgIpc) is 2.61. The molecule has 0 spiro atoms. The van der Waals surface area contributed by atoms with E-state index in [0.717, 1.165) is 32.1 Å². The summed E-state index contributed by atoms with van der Waals surface area (Å²) in [5, 5.41) is 0. The van der Waals surface area contributed by atoms with Gasteiger partial charge in [0.05, 0.1) is 11.8 Å². The molecular weight excluding hydrogens is 350 g/mol. The summed E-state index contributed by atoms with van der Waals surface area (Å²) in [4.78, 5) is 17.2. The summed E-state index contributed by atoms with van der Waals surface area (Å²) in [5.41, 5.74) is 0. The molecule has 3 unspecified atom stereocenters. The fourth-order valence-corrected chi connectivity index (χ4v) is 5.81. The molecule has 2 saturated heterocycles. The summed E-state index contributed by atoms with van der Waals surface area (Å²) in [5.74, 6) is 0.446. The van der Waals surface area contributed by atoms with E-state index >= 15 is 0 Å². The molecular formula is C19H37N3O3S. The first kappa shape index (κ1) is 21.6. The van der Waals surface area contributed by atoms with Crippen LogP contribution < -0.4 is 0 Å². The number of likely N-dealkylation sites (tertiary alicyclic amines) is 1. The molecule has 2 rings (SSSR count). The molecule has 1 amide bonds. The standard InChI is InChI=1S/C19H37N3O3S/c1-5-6-7-15-26(24,25)21-13-11-20(12-14-21)18(4)19(23)22-16(2)9-8-10-17(22)3/h16-18H,5-15H2,1-4H3. The monoisotopic (exact) mass is 387 g/mol. The second-order valence-electron chi connectivity index (χ2n) is 8.01. The summed E-state index contributed by atoms with van der Waals surface area (Å²) in [6.45, 7) is 10.6. The van der Waals surface area contributed by atoms with Crippen molar-refractivity contribution in [2.75, 3.05) is 31.9 Å². The van der Waals surface area contributed by atoms with Crippen LogP contribution in [0.1, 0.15) is 66.2 Å². The van der Waals surface area contributed by atoms with Crippen LogP contribution in [0, 0.1) is 0 Å². The van der Waals surface area contributed by atoms with E-state index in [1.165, 1.54) is 6.42 Å². The zero-order valence-electron chi connectivity index (χ0n) is 17.0. The van der Waals surface area contributed by atoms with E-state index in [-0.39, 0.29) is 17.7 Å². The average molecular weight is 388 g/mol. The third-order valence-corrected chi connectivity index (χ3v) is 7.98. The molecule has 2 heterocycles. The Bertz CT molecular complexity index is 548. The van der Waals surface area contributed by atoms with Gasteiger partial charge < -0.3 is 4.90 Å². The van der Waals surface area contributed by atoms with Crippen LogP contribution in [0.25, 0.3) is 0 Å². The highest BCUT2D eigenvalue weighted by atomic mass is 32.2. The predicted octanol–water partition coefficient (Wildman–Crippen LogP) is 2.30. The topological polar surface area (TPSA) is 60.9 Å². The Hall–Kier alpha value is -0.660. The Balaban J connectivity index is 1.89. The molecule has 6 nitrogen and oxygen atoms in total. The lowest BCUT2D eigenvalue weighted by molar-refractivity contribution is -0.143. The third kappa shape index (κ3) is 5.20. The maximum Gasteiger partial charge on any atom is 0.240 e. The second-order valence-corrected chi connectivity index (χ2v) is 10.1. The normalized spacial score (nSPS) is 27.5. The summed E-state index contributed by atoms with van der Waals surface area (Å²) in [6, 6.07) is 0.422. The van der Waals surface area contributed by atoms with E-state index in [2.05, 4.69) is 30.6 Å². The molecule has 3 atom stereocenters. The van der Waals surface area contributed by atoms with E-state index in [9.17, 15) is 13.2 Å². The molecule has 0 saturated carbocycles. The number of carbonyl (C=O) groups is 1. The third-order valence-electron chi connectivity index (χ3n) is 6.03. The predicted molar refractivity (Wildman–Crippen MR) is 106 cm³/mol. The van der Waals surface area contributed by atoms with E-state index in [0.29, 0.717) is 38.3 Å². The van der Waals surface area contributed by atoms with Gasteiger partial charge >= 0.3 is 0 Å². The highest BCUT2D eigenvalue weighted by Crippen LogP contribution is 2.24. The van der Waals surface area contributed by atoms with Gasteiger partial charge in [-0.25, -0.2) is 8.42 Å². The van der Waals surface area contributed by atoms with Crippen LogP contribution in [-0.4, -0.2) is 78.5 Å². The molecule has 0 radical (unpaired) electrons. The largest absolute Gasteiger partial charge is 0.336 e. The Morgan fingerprint density at radius 3 is 2.15 bits per heavy atom. The van der Waals surface area contributed by atoms with Gasteiger partial charge in [-0.3, -0.25) is 9.69 Å². The fraction of sp³-hybridized carbons (Fsp3) is 0.947. The van der Waals surface area contributed by atoms with E-state index in [4.69, 9.17) is 0 Å². The molecule has 0 N–H and O–H groups in total. The quantitative estimate of drug-likeness (QED) is 0.629. The van der Waals surface area contributed by atoms with Crippen molar-refractivity contribution in [2.24, 2.45) is 0 Å². The van der Waals surface area contributed by atoms with E-state index < -0.39 is 10.0 Å². The number of hydrogen-bond donors (Lipinski definition) is 0. The molecule has 2 fully saturated rings. The van der Waals surface area contributed by atoms with E-state index in [1.807, 2.05) is 6.92 Å².